The molecule has 0 unspecified atom stereocenters. The molecular weight excluding hydrogens is 312 g/mol. The van der Waals surface area contributed by atoms with Crippen LogP contribution in [0.15, 0.2) is 0 Å². The van der Waals surface area contributed by atoms with Gasteiger partial charge in [-0.25, -0.2) is 0 Å². The van der Waals surface area contributed by atoms with Crippen molar-refractivity contribution in [3.8, 4) is 0 Å². The number of hydrogen-bond acceptors (Lipinski definition) is 3. The van der Waals surface area contributed by atoms with E-state index in [-0.39, 0.29) is 11.9 Å². The summed E-state index contributed by atoms with van der Waals surface area (Å²) in [6.45, 7) is 8.70. The molecule has 2 atom stereocenters. The molecule has 23 heavy (non-hydrogen) atoms. The van der Waals surface area contributed by atoms with Gasteiger partial charge >= 0.3 is 0 Å². The zero-order valence-electron chi connectivity index (χ0n) is 15.0. The van der Waals surface area contributed by atoms with Crippen molar-refractivity contribution in [3.63, 3.8) is 0 Å². The van der Waals surface area contributed by atoms with Crippen LogP contribution in [0.4, 0.5) is 0 Å². The number of aromatic nitrogens is 2. The average molecular weight is 341 g/mol. The van der Waals surface area contributed by atoms with Crippen molar-refractivity contribution < 1.29 is 4.79 Å². The summed E-state index contributed by atoms with van der Waals surface area (Å²) < 4.78 is 1.89. The van der Waals surface area contributed by atoms with Gasteiger partial charge in [0.2, 0.25) is 5.91 Å². The van der Waals surface area contributed by atoms with Gasteiger partial charge < -0.3 is 9.80 Å². The SMILES string of the molecule is Cc1nn([C@@H](C)CC(=O)N2CCC[C@@H](CN(C)C)C2)c(C)c1Cl. The second-order valence-electron chi connectivity index (χ2n) is 7.09. The van der Waals surface area contributed by atoms with Crippen molar-refractivity contribution in [1.29, 1.82) is 0 Å². The zero-order valence-corrected chi connectivity index (χ0v) is 15.7. The van der Waals surface area contributed by atoms with Gasteiger partial charge in [0, 0.05) is 26.1 Å². The van der Waals surface area contributed by atoms with Gasteiger partial charge in [-0.2, -0.15) is 5.10 Å². The van der Waals surface area contributed by atoms with Gasteiger partial charge in [0.05, 0.1) is 22.5 Å². The second kappa shape index (κ2) is 7.67. The molecule has 2 rings (SSSR count). The highest BCUT2D eigenvalue weighted by Gasteiger charge is 2.26. The molecule has 0 aliphatic carbocycles. The molecule has 0 aromatic carbocycles. The lowest BCUT2D eigenvalue weighted by Crippen LogP contribution is -2.43. The Labute approximate surface area is 144 Å². The minimum absolute atomic E-state index is 0.0305. The van der Waals surface area contributed by atoms with Crippen LogP contribution in [-0.4, -0.2) is 59.2 Å². The molecule has 0 radical (unpaired) electrons. The highest BCUT2D eigenvalue weighted by molar-refractivity contribution is 6.31. The molecule has 1 aliphatic heterocycles. The van der Waals surface area contributed by atoms with Crippen molar-refractivity contribution in [2.24, 2.45) is 5.92 Å². The van der Waals surface area contributed by atoms with Crippen molar-refractivity contribution in [2.75, 3.05) is 33.7 Å². The van der Waals surface area contributed by atoms with Crippen LogP contribution in [0.25, 0.3) is 0 Å². The normalized spacial score (nSPS) is 20.1. The Morgan fingerprint density at radius 3 is 2.70 bits per heavy atom. The summed E-state index contributed by atoms with van der Waals surface area (Å²) in [6.07, 6.45) is 2.79. The Kier molecular flexibility index (Phi) is 6.09. The first-order valence-electron chi connectivity index (χ1n) is 8.43. The van der Waals surface area contributed by atoms with E-state index >= 15 is 0 Å². The van der Waals surface area contributed by atoms with Crippen LogP contribution < -0.4 is 0 Å². The Balaban J connectivity index is 1.96. The highest BCUT2D eigenvalue weighted by Crippen LogP contribution is 2.25. The number of halogens is 1. The molecule has 1 aromatic rings. The van der Waals surface area contributed by atoms with Crippen molar-refractivity contribution in [3.05, 3.63) is 16.4 Å². The van der Waals surface area contributed by atoms with E-state index in [0.717, 1.165) is 37.4 Å². The lowest BCUT2D eigenvalue weighted by molar-refractivity contribution is -0.133. The predicted molar refractivity (Wildman–Crippen MR) is 93.9 cm³/mol. The molecule has 130 valence electrons. The lowest BCUT2D eigenvalue weighted by atomic mass is 9.97. The molecular formula is C17H29ClN4O. The summed E-state index contributed by atoms with van der Waals surface area (Å²) in [6, 6.07) is 0.0305. The fourth-order valence-corrected chi connectivity index (χ4v) is 3.62. The molecule has 1 amide bonds. The second-order valence-corrected chi connectivity index (χ2v) is 7.47. The van der Waals surface area contributed by atoms with Crippen LogP contribution in [0.3, 0.4) is 0 Å². The van der Waals surface area contributed by atoms with Crippen LogP contribution in [-0.2, 0) is 4.79 Å². The molecule has 2 heterocycles. The number of amides is 1. The Morgan fingerprint density at radius 2 is 2.13 bits per heavy atom. The van der Waals surface area contributed by atoms with E-state index in [2.05, 4.69) is 24.1 Å². The summed E-state index contributed by atoms with van der Waals surface area (Å²) in [7, 11) is 4.19. The fraction of sp³-hybridized carbons (Fsp3) is 0.765. The zero-order chi connectivity index (χ0) is 17.1. The molecule has 1 aromatic heterocycles. The largest absolute Gasteiger partial charge is 0.342 e. The molecule has 6 heteroatoms. The van der Waals surface area contributed by atoms with Gasteiger partial charge in [0.15, 0.2) is 0 Å². The van der Waals surface area contributed by atoms with Gasteiger partial charge in [-0.3, -0.25) is 9.48 Å². The molecule has 0 bridgehead atoms. The standard InChI is InChI=1S/C17H29ClN4O/c1-12(22-14(3)17(18)13(2)19-22)9-16(23)21-8-6-7-15(11-21)10-20(4)5/h12,15H,6-11H2,1-5H3/t12-,15-/m0/s1. The van der Waals surface area contributed by atoms with Crippen LogP contribution in [0.5, 0.6) is 0 Å². The van der Waals surface area contributed by atoms with Crippen molar-refractivity contribution >= 4 is 17.5 Å². The first kappa shape index (κ1) is 18.3. The van der Waals surface area contributed by atoms with E-state index in [0.29, 0.717) is 17.4 Å². The number of carbonyl (C=O) groups excluding carboxylic acids is 1. The summed E-state index contributed by atoms with van der Waals surface area (Å²) >= 11 is 6.21. The molecule has 1 aliphatic rings. The minimum Gasteiger partial charge on any atom is -0.342 e. The number of hydrogen-bond donors (Lipinski definition) is 0. The van der Waals surface area contributed by atoms with Gasteiger partial charge in [0.1, 0.15) is 0 Å². The van der Waals surface area contributed by atoms with Gasteiger partial charge in [-0.15, -0.1) is 0 Å². The Hall–Kier alpha value is -1.07. The summed E-state index contributed by atoms with van der Waals surface area (Å²) in [5.74, 6) is 0.811. The maximum Gasteiger partial charge on any atom is 0.224 e. The Bertz CT molecular complexity index is 555. The summed E-state index contributed by atoms with van der Waals surface area (Å²) in [5, 5.41) is 5.17. The van der Waals surface area contributed by atoms with Crippen LogP contribution in [0.2, 0.25) is 5.02 Å². The van der Waals surface area contributed by atoms with E-state index in [1.165, 1.54) is 6.42 Å². The maximum atomic E-state index is 12.7. The molecule has 0 saturated carbocycles. The topological polar surface area (TPSA) is 41.4 Å². The van der Waals surface area contributed by atoms with Crippen molar-refractivity contribution in [1.82, 2.24) is 19.6 Å². The number of rotatable bonds is 5. The third-order valence-corrected chi connectivity index (χ3v) is 5.17. The quantitative estimate of drug-likeness (QED) is 0.827. The number of aryl methyl sites for hydroxylation is 1. The van der Waals surface area contributed by atoms with Gasteiger partial charge in [-0.05, 0) is 53.6 Å². The lowest BCUT2D eigenvalue weighted by Gasteiger charge is -2.34. The summed E-state index contributed by atoms with van der Waals surface area (Å²) in [5.41, 5.74) is 1.76. The average Bonchev–Trinajstić information content (AvgIpc) is 2.74. The van der Waals surface area contributed by atoms with Crippen LogP contribution in [0, 0.1) is 19.8 Å². The highest BCUT2D eigenvalue weighted by atomic mass is 35.5. The van der Waals surface area contributed by atoms with Crippen LogP contribution >= 0.6 is 11.6 Å². The van der Waals surface area contributed by atoms with E-state index < -0.39 is 0 Å². The third kappa shape index (κ3) is 4.48. The van der Waals surface area contributed by atoms with Gasteiger partial charge in [-0.1, -0.05) is 11.6 Å². The summed E-state index contributed by atoms with van der Waals surface area (Å²) in [4.78, 5) is 16.9. The predicted octanol–water partition coefficient (Wildman–Crippen LogP) is 2.90. The van der Waals surface area contributed by atoms with E-state index in [9.17, 15) is 4.79 Å². The Morgan fingerprint density at radius 1 is 1.43 bits per heavy atom. The van der Waals surface area contributed by atoms with E-state index in [1.807, 2.05) is 30.4 Å². The minimum atomic E-state index is 0.0305. The molecule has 1 saturated heterocycles. The molecule has 0 spiro atoms. The fourth-order valence-electron chi connectivity index (χ4n) is 3.50. The van der Waals surface area contributed by atoms with Gasteiger partial charge in [0.25, 0.3) is 0 Å². The third-order valence-electron chi connectivity index (χ3n) is 4.62. The first-order valence-corrected chi connectivity index (χ1v) is 8.81. The molecule has 5 nitrogen and oxygen atoms in total. The molecule has 0 N–H and O–H groups in total. The maximum absolute atomic E-state index is 12.7. The smallest absolute Gasteiger partial charge is 0.224 e. The van der Waals surface area contributed by atoms with Crippen molar-refractivity contribution in [2.45, 2.75) is 46.1 Å². The van der Waals surface area contributed by atoms with E-state index in [4.69, 9.17) is 11.6 Å². The van der Waals surface area contributed by atoms with E-state index in [1.54, 1.807) is 0 Å². The first-order chi connectivity index (χ1) is 10.8. The number of piperidine rings is 1. The molecule has 1 fully saturated rings. The number of nitrogens with zero attached hydrogens (tertiary/aromatic N) is 4. The monoisotopic (exact) mass is 340 g/mol. The number of likely N-dealkylation sites (tertiary alicyclic amines) is 1. The number of carbonyl (C=O) groups is 1. The van der Waals surface area contributed by atoms with Crippen LogP contribution in [0.1, 0.15) is 43.6 Å².